The topological polar surface area (TPSA) is 102 Å². The van der Waals surface area contributed by atoms with Crippen LogP contribution in [0.1, 0.15) is 6.42 Å². The summed E-state index contributed by atoms with van der Waals surface area (Å²) in [5.41, 5.74) is 0. The van der Waals surface area contributed by atoms with E-state index in [0.717, 1.165) is 19.5 Å². The Morgan fingerprint density at radius 3 is 2.69 bits per heavy atom. The molecule has 0 aliphatic carbocycles. The number of hydrogen-bond acceptors (Lipinski definition) is 4. The van der Waals surface area contributed by atoms with E-state index in [1.165, 1.54) is 0 Å². The molecule has 0 bridgehead atoms. The number of nitrogens with zero attached hydrogens (tertiary/aromatic N) is 1. The molecule has 2 atom stereocenters. The molecule has 0 aromatic heterocycles. The molecule has 0 aromatic carbocycles. The van der Waals surface area contributed by atoms with Gasteiger partial charge in [0.1, 0.15) is 0 Å². The molecular formula is C9H17N3O4. The summed E-state index contributed by atoms with van der Waals surface area (Å²) in [6.45, 7) is 1.05. The van der Waals surface area contributed by atoms with Crippen LogP contribution in [0.2, 0.25) is 0 Å². The van der Waals surface area contributed by atoms with Crippen LogP contribution in [0.3, 0.4) is 0 Å². The second-order valence-electron chi connectivity index (χ2n) is 3.94. The minimum absolute atomic E-state index is 0.0399. The van der Waals surface area contributed by atoms with Crippen molar-refractivity contribution in [3.05, 3.63) is 0 Å². The molecule has 0 radical (unpaired) electrons. The summed E-state index contributed by atoms with van der Waals surface area (Å²) >= 11 is 0. The first-order valence-corrected chi connectivity index (χ1v) is 5.12. The number of carboxylic acid groups (broad SMARTS) is 1. The predicted octanol–water partition coefficient (Wildman–Crippen LogP) is -1.56. The maximum atomic E-state index is 11.4. The third kappa shape index (κ3) is 3.67. The molecule has 16 heavy (non-hydrogen) atoms. The molecule has 1 rings (SSSR count). The van der Waals surface area contributed by atoms with Gasteiger partial charge in [0.15, 0.2) is 6.04 Å². The predicted molar refractivity (Wildman–Crippen MR) is 56.1 cm³/mol. The van der Waals surface area contributed by atoms with E-state index >= 15 is 0 Å². The number of likely N-dealkylation sites (N-methyl/N-ethyl adjacent to an activating group) is 1. The average Bonchev–Trinajstić information content (AvgIpc) is 2.60. The van der Waals surface area contributed by atoms with Crippen LogP contribution in [0, 0.1) is 0 Å². The smallest absolute Gasteiger partial charge is 0.328 e. The molecule has 7 nitrogen and oxygen atoms in total. The fourth-order valence-electron chi connectivity index (χ4n) is 1.62. The van der Waals surface area contributed by atoms with Crippen LogP contribution in [0.25, 0.3) is 0 Å². The van der Waals surface area contributed by atoms with Gasteiger partial charge >= 0.3 is 12.0 Å². The molecule has 1 unspecified atom stereocenters. The summed E-state index contributed by atoms with van der Waals surface area (Å²) < 4.78 is 0. The van der Waals surface area contributed by atoms with E-state index in [4.69, 9.17) is 10.2 Å². The van der Waals surface area contributed by atoms with Crippen LogP contribution < -0.4 is 10.6 Å². The highest BCUT2D eigenvalue weighted by atomic mass is 16.4. The Labute approximate surface area is 93.4 Å². The van der Waals surface area contributed by atoms with E-state index in [1.54, 1.807) is 0 Å². The normalized spacial score (nSPS) is 22.8. The summed E-state index contributed by atoms with van der Waals surface area (Å²) in [6.07, 6.45) is 0.848. The van der Waals surface area contributed by atoms with Crippen molar-refractivity contribution in [2.75, 3.05) is 26.7 Å². The van der Waals surface area contributed by atoms with Gasteiger partial charge in [0.25, 0.3) is 0 Å². The number of aliphatic hydroxyl groups is 1. The highest BCUT2D eigenvalue weighted by molar-refractivity contribution is 5.82. The van der Waals surface area contributed by atoms with Gasteiger partial charge < -0.3 is 25.7 Å². The first-order chi connectivity index (χ1) is 7.52. The van der Waals surface area contributed by atoms with Crippen LogP contribution in [0.15, 0.2) is 0 Å². The number of rotatable bonds is 4. The van der Waals surface area contributed by atoms with E-state index in [0.29, 0.717) is 0 Å². The van der Waals surface area contributed by atoms with Gasteiger partial charge in [-0.3, -0.25) is 0 Å². The zero-order valence-corrected chi connectivity index (χ0v) is 9.14. The molecule has 4 N–H and O–H groups in total. The van der Waals surface area contributed by atoms with Crippen molar-refractivity contribution in [1.29, 1.82) is 0 Å². The maximum Gasteiger partial charge on any atom is 0.328 e. The number of carbonyl (C=O) groups is 2. The standard InChI is InChI=1S/C9H17N3O4/c1-12-3-2-6(4-12)10-9(16)11-7(5-13)8(14)15/h6-7,13H,2-5H2,1H3,(H,14,15)(H2,10,11,16)/t6?,7-/m1/s1. The lowest BCUT2D eigenvalue weighted by molar-refractivity contribution is -0.140. The lowest BCUT2D eigenvalue weighted by Crippen LogP contribution is -2.50. The molecule has 1 aliphatic rings. The molecular weight excluding hydrogens is 214 g/mol. The zero-order valence-electron chi connectivity index (χ0n) is 9.14. The molecule has 7 heteroatoms. The van der Waals surface area contributed by atoms with Crippen molar-refractivity contribution in [3.8, 4) is 0 Å². The monoisotopic (exact) mass is 231 g/mol. The van der Waals surface area contributed by atoms with Crippen LogP contribution in [-0.4, -0.2) is 65.9 Å². The number of carboxylic acids is 1. The maximum absolute atomic E-state index is 11.4. The van der Waals surface area contributed by atoms with E-state index in [2.05, 4.69) is 15.5 Å². The second-order valence-corrected chi connectivity index (χ2v) is 3.94. The Kier molecular flexibility index (Phi) is 4.51. The fraction of sp³-hybridized carbons (Fsp3) is 0.778. The largest absolute Gasteiger partial charge is 0.480 e. The molecule has 92 valence electrons. The zero-order chi connectivity index (χ0) is 12.1. The van der Waals surface area contributed by atoms with Crippen LogP contribution in [0.5, 0.6) is 0 Å². The van der Waals surface area contributed by atoms with E-state index in [-0.39, 0.29) is 6.04 Å². The third-order valence-corrected chi connectivity index (χ3v) is 2.51. The number of carbonyl (C=O) groups excluding carboxylic acids is 1. The first kappa shape index (κ1) is 12.7. The Morgan fingerprint density at radius 1 is 1.56 bits per heavy atom. The van der Waals surface area contributed by atoms with E-state index in [1.807, 2.05) is 7.05 Å². The first-order valence-electron chi connectivity index (χ1n) is 5.12. The quantitative estimate of drug-likeness (QED) is 0.468. The third-order valence-electron chi connectivity index (χ3n) is 2.51. The van der Waals surface area contributed by atoms with Gasteiger partial charge in [-0.1, -0.05) is 0 Å². The minimum Gasteiger partial charge on any atom is -0.480 e. The molecule has 1 aliphatic heterocycles. The summed E-state index contributed by atoms with van der Waals surface area (Å²) in [4.78, 5) is 24.0. The number of hydrogen-bond donors (Lipinski definition) is 4. The summed E-state index contributed by atoms with van der Waals surface area (Å²) in [6, 6.07) is -1.76. The van der Waals surface area contributed by atoms with Crippen LogP contribution >= 0.6 is 0 Å². The van der Waals surface area contributed by atoms with E-state index in [9.17, 15) is 9.59 Å². The number of amides is 2. The van der Waals surface area contributed by atoms with Crippen molar-refractivity contribution in [2.24, 2.45) is 0 Å². The van der Waals surface area contributed by atoms with Gasteiger partial charge in [-0.25, -0.2) is 9.59 Å². The van der Waals surface area contributed by atoms with Gasteiger partial charge in [-0.05, 0) is 20.0 Å². The second kappa shape index (κ2) is 5.66. The van der Waals surface area contributed by atoms with Crippen molar-refractivity contribution in [1.82, 2.24) is 15.5 Å². The number of aliphatic carboxylic acids is 1. The molecule has 0 aromatic rings. The Bertz CT molecular complexity index is 271. The summed E-state index contributed by atoms with van der Waals surface area (Å²) in [5.74, 6) is -1.25. The van der Waals surface area contributed by atoms with E-state index < -0.39 is 24.6 Å². The molecule has 2 amide bonds. The highest BCUT2D eigenvalue weighted by Gasteiger charge is 2.23. The van der Waals surface area contributed by atoms with Crippen molar-refractivity contribution >= 4 is 12.0 Å². The average molecular weight is 231 g/mol. The van der Waals surface area contributed by atoms with Gasteiger partial charge in [-0.15, -0.1) is 0 Å². The lowest BCUT2D eigenvalue weighted by atomic mass is 10.2. The number of urea groups is 1. The van der Waals surface area contributed by atoms with Gasteiger partial charge in [0.05, 0.1) is 6.61 Å². The lowest BCUT2D eigenvalue weighted by Gasteiger charge is -2.16. The van der Waals surface area contributed by atoms with Crippen LogP contribution in [0.4, 0.5) is 4.79 Å². The minimum atomic E-state index is -1.25. The Hall–Kier alpha value is -1.34. The van der Waals surface area contributed by atoms with Crippen molar-refractivity contribution < 1.29 is 19.8 Å². The summed E-state index contributed by atoms with van der Waals surface area (Å²) in [7, 11) is 1.95. The van der Waals surface area contributed by atoms with Crippen molar-refractivity contribution in [2.45, 2.75) is 18.5 Å². The number of aliphatic hydroxyl groups excluding tert-OH is 1. The van der Waals surface area contributed by atoms with Gasteiger partial charge in [0, 0.05) is 12.6 Å². The Morgan fingerprint density at radius 2 is 2.25 bits per heavy atom. The summed E-state index contributed by atoms with van der Waals surface area (Å²) in [5, 5.41) is 22.2. The van der Waals surface area contributed by atoms with Crippen LogP contribution in [-0.2, 0) is 4.79 Å². The Balaban J connectivity index is 2.32. The number of likely N-dealkylation sites (tertiary alicyclic amines) is 1. The molecule has 1 fully saturated rings. The molecule has 0 saturated carbocycles. The number of nitrogens with one attached hydrogen (secondary N) is 2. The highest BCUT2D eigenvalue weighted by Crippen LogP contribution is 2.05. The molecule has 1 saturated heterocycles. The van der Waals surface area contributed by atoms with Crippen molar-refractivity contribution in [3.63, 3.8) is 0 Å². The fourth-order valence-corrected chi connectivity index (χ4v) is 1.62. The molecule has 0 spiro atoms. The van der Waals surface area contributed by atoms with Gasteiger partial charge in [-0.2, -0.15) is 0 Å². The SMILES string of the molecule is CN1CCC(NC(=O)N[C@H](CO)C(=O)O)C1. The van der Waals surface area contributed by atoms with Gasteiger partial charge in [0.2, 0.25) is 0 Å². The molecule has 1 heterocycles.